The van der Waals surface area contributed by atoms with Crippen LogP contribution in [0.5, 0.6) is 0 Å². The van der Waals surface area contributed by atoms with Crippen LogP contribution >= 0.6 is 0 Å². The van der Waals surface area contributed by atoms with Crippen molar-refractivity contribution in [2.45, 2.75) is 0 Å². The molecule has 4 heterocycles. The van der Waals surface area contributed by atoms with Crippen LogP contribution in [-0.2, 0) is 0 Å². The van der Waals surface area contributed by atoms with E-state index < -0.39 is 0 Å². The van der Waals surface area contributed by atoms with Gasteiger partial charge in [0.05, 0.1) is 0 Å². The second-order valence-electron chi connectivity index (χ2n) is 5.01. The molecule has 1 aliphatic carbocycles. The van der Waals surface area contributed by atoms with Gasteiger partial charge in [0.15, 0.2) is 0 Å². The maximum absolute atomic E-state index is 4.45. The second kappa shape index (κ2) is 4.92. The third-order valence-corrected chi connectivity index (χ3v) is 3.69. The number of hydrogen-bond donors (Lipinski definition) is 0. The summed E-state index contributed by atoms with van der Waals surface area (Å²) in [4.78, 5) is 35.6. The maximum atomic E-state index is 4.45. The molecular formula is C16H8N8. The summed E-state index contributed by atoms with van der Waals surface area (Å²) >= 11 is 0. The van der Waals surface area contributed by atoms with Crippen molar-refractivity contribution in [1.82, 2.24) is 39.9 Å². The molecule has 24 heavy (non-hydrogen) atoms. The third-order valence-electron chi connectivity index (χ3n) is 3.69. The summed E-state index contributed by atoms with van der Waals surface area (Å²) in [5.74, 6) is 0. The molecule has 8 nitrogen and oxygen atoms in total. The van der Waals surface area contributed by atoms with Crippen molar-refractivity contribution in [2.24, 2.45) is 0 Å². The monoisotopic (exact) mass is 312 g/mol. The van der Waals surface area contributed by atoms with E-state index in [2.05, 4.69) is 39.9 Å². The SMILES string of the molecule is c1cnc2c(n1)-c1nccnc1-c1nccnc1-c1nccnc1-2. The molecule has 1 aliphatic rings. The van der Waals surface area contributed by atoms with Crippen molar-refractivity contribution < 1.29 is 0 Å². The predicted octanol–water partition coefficient (Wildman–Crippen LogP) is 1.83. The van der Waals surface area contributed by atoms with Gasteiger partial charge in [0.25, 0.3) is 0 Å². The third kappa shape index (κ3) is 1.73. The van der Waals surface area contributed by atoms with Crippen LogP contribution in [0.2, 0.25) is 0 Å². The Morgan fingerprint density at radius 2 is 0.375 bits per heavy atom. The van der Waals surface area contributed by atoms with E-state index >= 15 is 0 Å². The van der Waals surface area contributed by atoms with Gasteiger partial charge in [0.2, 0.25) is 0 Å². The first-order valence-electron chi connectivity index (χ1n) is 7.19. The highest BCUT2D eigenvalue weighted by Gasteiger charge is 2.28. The lowest BCUT2D eigenvalue weighted by Gasteiger charge is -2.16. The van der Waals surface area contributed by atoms with Crippen molar-refractivity contribution in [3.05, 3.63) is 49.6 Å². The summed E-state index contributed by atoms with van der Waals surface area (Å²) in [5, 5.41) is 0. The molecule has 0 amide bonds. The van der Waals surface area contributed by atoms with E-state index in [9.17, 15) is 0 Å². The first-order valence-corrected chi connectivity index (χ1v) is 7.19. The van der Waals surface area contributed by atoms with Gasteiger partial charge in [0.1, 0.15) is 45.6 Å². The number of nitrogens with zero attached hydrogens (tertiary/aromatic N) is 8. The topological polar surface area (TPSA) is 103 Å². The van der Waals surface area contributed by atoms with Gasteiger partial charge < -0.3 is 0 Å². The lowest BCUT2D eigenvalue weighted by molar-refractivity contribution is 1.08. The van der Waals surface area contributed by atoms with E-state index in [0.717, 1.165) is 0 Å². The van der Waals surface area contributed by atoms with Crippen molar-refractivity contribution in [1.29, 1.82) is 0 Å². The summed E-state index contributed by atoms with van der Waals surface area (Å²) in [6.45, 7) is 0. The summed E-state index contributed by atoms with van der Waals surface area (Å²) in [5.41, 5.74) is 4.77. The predicted molar refractivity (Wildman–Crippen MR) is 84.1 cm³/mol. The standard InChI is InChI=1S/C16H8N8/c1-2-18-10-9(17-1)11-13(21-4-3-19-11)15-16(24-8-7-23-15)14-12(10)20-5-6-22-14/h1-8H. The van der Waals surface area contributed by atoms with Crippen LogP contribution in [0.3, 0.4) is 0 Å². The lowest BCUT2D eigenvalue weighted by Crippen LogP contribution is -2.07. The van der Waals surface area contributed by atoms with Crippen LogP contribution in [0.15, 0.2) is 49.6 Å². The first-order chi connectivity index (χ1) is 11.9. The molecule has 0 saturated carbocycles. The average molecular weight is 312 g/mol. The van der Waals surface area contributed by atoms with Gasteiger partial charge in [-0.25, -0.2) is 0 Å². The van der Waals surface area contributed by atoms with Crippen LogP contribution in [0, 0.1) is 0 Å². The van der Waals surface area contributed by atoms with Gasteiger partial charge in [-0.2, -0.15) is 0 Å². The smallest absolute Gasteiger partial charge is 0.119 e. The molecule has 5 rings (SSSR count). The molecule has 0 aliphatic heterocycles. The van der Waals surface area contributed by atoms with E-state index in [4.69, 9.17) is 0 Å². The molecule has 0 radical (unpaired) electrons. The highest BCUT2D eigenvalue weighted by atomic mass is 14.9. The Bertz CT molecular complexity index is 792. The maximum Gasteiger partial charge on any atom is 0.119 e. The van der Waals surface area contributed by atoms with Gasteiger partial charge in [-0.15, -0.1) is 0 Å². The molecule has 4 aromatic heterocycles. The van der Waals surface area contributed by atoms with Crippen molar-refractivity contribution in [3.63, 3.8) is 0 Å². The fourth-order valence-electron chi connectivity index (χ4n) is 2.74. The van der Waals surface area contributed by atoms with E-state index in [0.29, 0.717) is 45.6 Å². The van der Waals surface area contributed by atoms with Crippen LogP contribution in [-0.4, -0.2) is 39.9 Å². The normalized spacial score (nSPS) is 11.3. The summed E-state index contributed by atoms with van der Waals surface area (Å²) in [6, 6.07) is 0. The van der Waals surface area contributed by atoms with E-state index in [1.54, 1.807) is 49.6 Å². The molecule has 112 valence electrons. The molecule has 8 heteroatoms. The Labute approximate surface area is 135 Å². The largest absolute Gasteiger partial charge is 0.251 e. The minimum Gasteiger partial charge on any atom is -0.251 e. The van der Waals surface area contributed by atoms with Gasteiger partial charge in [0, 0.05) is 49.6 Å². The quantitative estimate of drug-likeness (QED) is 0.426. The minimum atomic E-state index is 0.596. The van der Waals surface area contributed by atoms with Gasteiger partial charge in [-0.3, -0.25) is 39.9 Å². The van der Waals surface area contributed by atoms with Crippen LogP contribution in [0.25, 0.3) is 45.6 Å². The van der Waals surface area contributed by atoms with Crippen LogP contribution in [0.1, 0.15) is 0 Å². The molecule has 0 spiro atoms. The number of rotatable bonds is 0. The number of aromatic nitrogens is 8. The molecule has 0 bridgehead atoms. The second-order valence-corrected chi connectivity index (χ2v) is 5.01. The Morgan fingerprint density at radius 1 is 0.250 bits per heavy atom. The van der Waals surface area contributed by atoms with Gasteiger partial charge >= 0.3 is 0 Å². The Hall–Kier alpha value is -3.68. The molecule has 0 unspecified atom stereocenters. The van der Waals surface area contributed by atoms with E-state index in [1.807, 2.05) is 0 Å². The molecule has 0 atom stereocenters. The van der Waals surface area contributed by atoms with E-state index in [1.165, 1.54) is 0 Å². The van der Waals surface area contributed by atoms with Crippen molar-refractivity contribution >= 4 is 0 Å². The van der Waals surface area contributed by atoms with Crippen LogP contribution < -0.4 is 0 Å². The minimum absolute atomic E-state index is 0.596. The van der Waals surface area contributed by atoms with Gasteiger partial charge in [-0.1, -0.05) is 0 Å². The molecular weight excluding hydrogens is 304 g/mol. The molecule has 0 fully saturated rings. The van der Waals surface area contributed by atoms with Crippen LogP contribution in [0.4, 0.5) is 0 Å². The highest BCUT2D eigenvalue weighted by molar-refractivity contribution is 5.93. The van der Waals surface area contributed by atoms with Crippen molar-refractivity contribution in [3.8, 4) is 45.6 Å². The Kier molecular flexibility index (Phi) is 2.63. The number of fused-ring (bicyclic) bond motifs is 8. The zero-order valence-corrected chi connectivity index (χ0v) is 12.2. The fraction of sp³-hybridized carbons (Fsp3) is 0. The Morgan fingerprint density at radius 3 is 0.500 bits per heavy atom. The fourth-order valence-corrected chi connectivity index (χ4v) is 2.74. The Balaban J connectivity index is 2.01. The first kappa shape index (κ1) is 12.8. The zero-order chi connectivity index (χ0) is 15.9. The summed E-state index contributed by atoms with van der Waals surface area (Å²) in [6.07, 6.45) is 12.9. The van der Waals surface area contributed by atoms with Crippen molar-refractivity contribution in [2.75, 3.05) is 0 Å². The summed E-state index contributed by atoms with van der Waals surface area (Å²) < 4.78 is 0. The molecule has 0 N–H and O–H groups in total. The number of hydrogen-bond acceptors (Lipinski definition) is 8. The average Bonchev–Trinajstić information content (AvgIpc) is 2.67. The summed E-state index contributed by atoms with van der Waals surface area (Å²) in [7, 11) is 0. The highest BCUT2D eigenvalue weighted by Crippen LogP contribution is 2.40. The van der Waals surface area contributed by atoms with Gasteiger partial charge in [-0.05, 0) is 0 Å². The zero-order valence-electron chi connectivity index (χ0n) is 12.2. The molecule has 0 saturated heterocycles. The van der Waals surface area contributed by atoms with E-state index in [-0.39, 0.29) is 0 Å². The molecule has 0 aromatic carbocycles. The lowest BCUT2D eigenvalue weighted by atomic mass is 10.0. The molecule has 4 aromatic rings.